The number of Topliss-reactive ketones (excluding diaryl/α,β-unsaturated/α-hetero) is 1. The van der Waals surface area contributed by atoms with Crippen molar-refractivity contribution in [1.29, 1.82) is 0 Å². The first kappa shape index (κ1) is 16.9. The molecule has 1 heterocycles. The van der Waals surface area contributed by atoms with Gasteiger partial charge in [0.2, 0.25) is 0 Å². The van der Waals surface area contributed by atoms with Crippen LogP contribution in [0.15, 0.2) is 42.5 Å². The van der Waals surface area contributed by atoms with Gasteiger partial charge in [0.25, 0.3) is 0 Å². The lowest BCUT2D eigenvalue weighted by Crippen LogP contribution is -2.14. The lowest BCUT2D eigenvalue weighted by atomic mass is 9.92. The highest BCUT2D eigenvalue weighted by molar-refractivity contribution is 6.30. The van der Waals surface area contributed by atoms with Crippen LogP contribution in [0.5, 0.6) is 0 Å². The van der Waals surface area contributed by atoms with E-state index in [0.29, 0.717) is 34.5 Å². The SMILES string of the molecule is COC(=O)c1cccc2c1c1c(n2Cc2cccc(Cl)c2)CCCC1=O. The van der Waals surface area contributed by atoms with Crippen molar-refractivity contribution < 1.29 is 14.3 Å². The van der Waals surface area contributed by atoms with Gasteiger partial charge in [-0.2, -0.15) is 0 Å². The van der Waals surface area contributed by atoms with Crippen molar-refractivity contribution in [3.05, 3.63) is 69.9 Å². The number of rotatable bonds is 3. The highest BCUT2D eigenvalue weighted by Gasteiger charge is 2.28. The van der Waals surface area contributed by atoms with Crippen LogP contribution in [0.25, 0.3) is 10.9 Å². The van der Waals surface area contributed by atoms with E-state index in [1.807, 2.05) is 36.4 Å². The molecule has 3 aromatic rings. The highest BCUT2D eigenvalue weighted by atomic mass is 35.5. The molecule has 0 spiro atoms. The number of esters is 1. The molecular formula is C21H18ClNO3. The summed E-state index contributed by atoms with van der Waals surface area (Å²) in [5.74, 6) is -0.325. The van der Waals surface area contributed by atoms with Gasteiger partial charge in [0, 0.05) is 34.6 Å². The quantitative estimate of drug-likeness (QED) is 0.633. The maximum atomic E-state index is 12.7. The topological polar surface area (TPSA) is 48.3 Å². The molecule has 0 saturated carbocycles. The van der Waals surface area contributed by atoms with Crippen molar-refractivity contribution in [2.45, 2.75) is 25.8 Å². The minimum Gasteiger partial charge on any atom is -0.465 e. The fourth-order valence-corrected chi connectivity index (χ4v) is 4.05. The zero-order valence-electron chi connectivity index (χ0n) is 14.4. The van der Waals surface area contributed by atoms with Gasteiger partial charge in [-0.25, -0.2) is 4.79 Å². The van der Waals surface area contributed by atoms with Crippen LogP contribution in [-0.4, -0.2) is 23.4 Å². The van der Waals surface area contributed by atoms with E-state index in [2.05, 4.69) is 4.57 Å². The van der Waals surface area contributed by atoms with E-state index >= 15 is 0 Å². The van der Waals surface area contributed by atoms with E-state index in [1.54, 1.807) is 6.07 Å². The Balaban J connectivity index is 1.98. The van der Waals surface area contributed by atoms with Crippen LogP contribution in [-0.2, 0) is 17.7 Å². The number of hydrogen-bond acceptors (Lipinski definition) is 3. The maximum Gasteiger partial charge on any atom is 0.338 e. The average Bonchev–Trinajstić information content (AvgIpc) is 2.96. The number of fused-ring (bicyclic) bond motifs is 3. The lowest BCUT2D eigenvalue weighted by Gasteiger charge is -2.15. The monoisotopic (exact) mass is 367 g/mol. The minimum absolute atomic E-state index is 0.0949. The summed E-state index contributed by atoms with van der Waals surface area (Å²) in [6.07, 6.45) is 2.15. The zero-order valence-corrected chi connectivity index (χ0v) is 15.2. The molecule has 0 atom stereocenters. The van der Waals surface area contributed by atoms with Crippen LogP contribution in [0.1, 0.15) is 44.8 Å². The molecule has 1 aliphatic carbocycles. The van der Waals surface area contributed by atoms with Gasteiger partial charge in [-0.15, -0.1) is 0 Å². The molecule has 0 saturated heterocycles. The predicted molar refractivity (Wildman–Crippen MR) is 101 cm³/mol. The third-order valence-corrected chi connectivity index (χ3v) is 5.16. The van der Waals surface area contributed by atoms with Crippen LogP contribution >= 0.6 is 11.6 Å². The Kier molecular flexibility index (Phi) is 4.29. The number of aromatic nitrogens is 1. The second kappa shape index (κ2) is 6.61. The first-order chi connectivity index (χ1) is 12.6. The molecule has 0 fully saturated rings. The van der Waals surface area contributed by atoms with Gasteiger partial charge >= 0.3 is 5.97 Å². The van der Waals surface area contributed by atoms with Gasteiger partial charge < -0.3 is 9.30 Å². The van der Waals surface area contributed by atoms with Gasteiger partial charge in [-0.05, 0) is 42.7 Å². The van der Waals surface area contributed by atoms with E-state index in [1.165, 1.54) is 7.11 Å². The number of ether oxygens (including phenoxy) is 1. The summed E-state index contributed by atoms with van der Waals surface area (Å²) in [6, 6.07) is 13.2. The van der Waals surface area contributed by atoms with Gasteiger partial charge in [0.15, 0.2) is 5.78 Å². The number of nitrogens with zero attached hydrogens (tertiary/aromatic N) is 1. The van der Waals surface area contributed by atoms with Crippen LogP contribution in [0.4, 0.5) is 0 Å². The van der Waals surface area contributed by atoms with E-state index in [4.69, 9.17) is 16.3 Å². The van der Waals surface area contributed by atoms with Crippen LogP contribution in [0, 0.1) is 0 Å². The fourth-order valence-electron chi connectivity index (χ4n) is 3.83. The summed E-state index contributed by atoms with van der Waals surface area (Å²) < 4.78 is 7.08. The maximum absolute atomic E-state index is 12.7. The Morgan fingerprint density at radius 3 is 2.77 bits per heavy atom. The van der Waals surface area contributed by atoms with Crippen molar-refractivity contribution in [2.75, 3.05) is 7.11 Å². The molecule has 2 aromatic carbocycles. The molecule has 0 unspecified atom stereocenters. The molecule has 0 bridgehead atoms. The van der Waals surface area contributed by atoms with E-state index in [9.17, 15) is 9.59 Å². The van der Waals surface area contributed by atoms with Crippen LogP contribution in [0.3, 0.4) is 0 Å². The lowest BCUT2D eigenvalue weighted by molar-refractivity contribution is 0.0603. The molecule has 5 heteroatoms. The first-order valence-corrected chi connectivity index (χ1v) is 8.98. The van der Waals surface area contributed by atoms with Gasteiger partial charge in [-0.3, -0.25) is 4.79 Å². The molecule has 4 rings (SSSR count). The third kappa shape index (κ3) is 2.71. The fraction of sp³-hybridized carbons (Fsp3) is 0.238. The van der Waals surface area contributed by atoms with E-state index in [-0.39, 0.29) is 5.78 Å². The Bertz CT molecular complexity index is 1040. The van der Waals surface area contributed by atoms with Crippen molar-refractivity contribution in [2.24, 2.45) is 0 Å². The number of benzene rings is 2. The summed E-state index contributed by atoms with van der Waals surface area (Å²) >= 11 is 6.13. The molecule has 26 heavy (non-hydrogen) atoms. The second-order valence-corrected chi connectivity index (χ2v) is 6.94. The summed E-state index contributed by atoms with van der Waals surface area (Å²) in [5.41, 5.74) is 4.05. The summed E-state index contributed by atoms with van der Waals surface area (Å²) in [5, 5.41) is 1.39. The average molecular weight is 368 g/mol. The number of methoxy groups -OCH3 is 1. The minimum atomic E-state index is -0.420. The molecular weight excluding hydrogens is 350 g/mol. The Morgan fingerprint density at radius 2 is 2.00 bits per heavy atom. The summed E-state index contributed by atoms with van der Waals surface area (Å²) in [7, 11) is 1.36. The Labute approximate surface area is 156 Å². The second-order valence-electron chi connectivity index (χ2n) is 6.51. The molecule has 4 nitrogen and oxygen atoms in total. The summed E-state index contributed by atoms with van der Waals surface area (Å²) in [4.78, 5) is 25.0. The van der Waals surface area contributed by atoms with Crippen molar-refractivity contribution in [3.8, 4) is 0 Å². The molecule has 0 amide bonds. The van der Waals surface area contributed by atoms with Gasteiger partial charge in [0.05, 0.1) is 18.2 Å². The molecule has 132 valence electrons. The number of carbonyl (C=O) groups is 2. The Hall–Kier alpha value is -2.59. The first-order valence-electron chi connectivity index (χ1n) is 8.60. The van der Waals surface area contributed by atoms with E-state index < -0.39 is 5.97 Å². The molecule has 0 N–H and O–H groups in total. The number of hydrogen-bond donors (Lipinski definition) is 0. The predicted octanol–water partition coefficient (Wildman–Crippen LogP) is 4.65. The molecule has 0 aliphatic heterocycles. The third-order valence-electron chi connectivity index (χ3n) is 4.93. The van der Waals surface area contributed by atoms with E-state index in [0.717, 1.165) is 29.6 Å². The smallest absolute Gasteiger partial charge is 0.338 e. The van der Waals surface area contributed by atoms with Gasteiger partial charge in [-0.1, -0.05) is 29.8 Å². The number of carbonyl (C=O) groups excluding carboxylic acids is 2. The molecule has 0 radical (unpaired) electrons. The van der Waals surface area contributed by atoms with Crippen molar-refractivity contribution in [1.82, 2.24) is 4.57 Å². The van der Waals surface area contributed by atoms with Crippen molar-refractivity contribution in [3.63, 3.8) is 0 Å². The largest absolute Gasteiger partial charge is 0.465 e. The summed E-state index contributed by atoms with van der Waals surface area (Å²) in [6.45, 7) is 0.601. The number of halogens is 1. The van der Waals surface area contributed by atoms with Crippen LogP contribution in [0.2, 0.25) is 5.02 Å². The molecule has 1 aliphatic rings. The Morgan fingerprint density at radius 1 is 1.19 bits per heavy atom. The van der Waals surface area contributed by atoms with Gasteiger partial charge in [0.1, 0.15) is 0 Å². The number of ketones is 1. The molecule has 1 aromatic heterocycles. The highest BCUT2D eigenvalue weighted by Crippen LogP contribution is 2.35. The normalized spacial score (nSPS) is 13.7. The van der Waals surface area contributed by atoms with Crippen molar-refractivity contribution >= 4 is 34.3 Å². The van der Waals surface area contributed by atoms with Crippen LogP contribution < -0.4 is 0 Å². The zero-order chi connectivity index (χ0) is 18.3. The standard InChI is InChI=1S/C21H18ClNO3/c1-26-21(25)15-7-3-8-16-19(15)20-17(9-4-10-18(20)24)23(16)12-13-5-2-6-14(22)11-13/h2-3,5-8,11H,4,9-10,12H2,1H3.